The summed E-state index contributed by atoms with van der Waals surface area (Å²) in [5, 5.41) is 0. The predicted molar refractivity (Wildman–Crippen MR) is 210 cm³/mol. The van der Waals surface area contributed by atoms with Crippen LogP contribution < -0.4 is 0 Å². The van der Waals surface area contributed by atoms with Crippen LogP contribution in [0, 0.1) is 27.7 Å². The summed E-state index contributed by atoms with van der Waals surface area (Å²) >= 11 is -2.73. The van der Waals surface area contributed by atoms with Crippen molar-refractivity contribution in [1.29, 1.82) is 0 Å². The van der Waals surface area contributed by atoms with Crippen LogP contribution in [-0.4, -0.2) is 5.92 Å². The number of furan rings is 2. The molecule has 8 rings (SSSR count). The summed E-state index contributed by atoms with van der Waals surface area (Å²) < 4.78 is 12.7. The van der Waals surface area contributed by atoms with Crippen molar-refractivity contribution in [3.05, 3.63) is 166 Å². The van der Waals surface area contributed by atoms with E-state index in [1.54, 1.807) is 0 Å². The number of aryl methyl sites for hydroxylation is 4. The topological polar surface area (TPSA) is 26.3 Å². The standard InChI is InChI=1S/C44H39O2Si.2ClH.Zr/c1-27-15-19-33-37(43(27)31-11-7-5-8-12-31)23-35(41-21-17-29(3)45-41)39(33)25-47-26-40-34-20-16-28(2)44(32-13-9-6-10-14-32)38(34)24-36(40)42-22-18-30(4)46-42;;;/h5-24,39-40,47H,25-26H2,1-4H3;2*1H;/q;;;+2/p-2. The summed E-state index contributed by atoms with van der Waals surface area (Å²) in [5.74, 6) is 2.42. The number of hydrogen-bond acceptors (Lipinski definition) is 2. The Morgan fingerprint density at radius 2 is 0.960 bits per heavy atom. The van der Waals surface area contributed by atoms with Crippen molar-refractivity contribution in [3.8, 4) is 22.3 Å². The van der Waals surface area contributed by atoms with Crippen molar-refractivity contribution in [1.82, 2.24) is 0 Å². The van der Waals surface area contributed by atoms with Gasteiger partial charge in [-0.1, -0.05) is 0 Å². The summed E-state index contributed by atoms with van der Waals surface area (Å²) in [7, 11) is 14.6. The first kappa shape index (κ1) is 33.7. The van der Waals surface area contributed by atoms with E-state index in [-0.39, 0.29) is 11.8 Å². The molecule has 249 valence electrons. The molecule has 2 aromatic heterocycles. The summed E-state index contributed by atoms with van der Waals surface area (Å²) in [6.07, 6.45) is 4.78. The molecule has 2 aliphatic rings. The normalized spacial score (nSPS) is 16.9. The summed E-state index contributed by atoms with van der Waals surface area (Å²) in [6, 6.07) is 41.2. The minimum absolute atomic E-state index is 0.181. The molecular formula is C44H39Cl2O2SiZr. The third-order valence-electron chi connectivity index (χ3n) is 10.6. The zero-order valence-corrected chi connectivity index (χ0v) is 33.9. The van der Waals surface area contributed by atoms with Crippen LogP contribution in [0.2, 0.25) is 12.1 Å². The van der Waals surface area contributed by atoms with Crippen LogP contribution >= 0.6 is 17.0 Å². The van der Waals surface area contributed by atoms with E-state index < -0.39 is 24.4 Å². The van der Waals surface area contributed by atoms with Crippen molar-refractivity contribution in [2.24, 2.45) is 0 Å². The SMILES string of the molecule is Cc1ccc(C2=Cc3c(ccc(C)c3-c3ccccc3)C2C[SiH](CC2C(c3ccc(C)o3)=Cc3c2ccc(C)c3-c2ccccc2)[Zr]([Cl])[Cl])o1. The molecule has 6 aromatic rings. The quantitative estimate of drug-likeness (QED) is 0.136. The van der Waals surface area contributed by atoms with E-state index in [1.165, 1.54) is 66.8 Å². The molecule has 0 bridgehead atoms. The Morgan fingerprint density at radius 1 is 0.540 bits per heavy atom. The van der Waals surface area contributed by atoms with Gasteiger partial charge < -0.3 is 0 Å². The van der Waals surface area contributed by atoms with Crippen LogP contribution in [0.3, 0.4) is 0 Å². The molecule has 4 aromatic carbocycles. The average molecular weight is 790 g/mol. The minimum atomic E-state index is -2.73. The fraction of sp³-hybridized carbons (Fsp3) is 0.182. The van der Waals surface area contributed by atoms with Crippen molar-refractivity contribution in [2.75, 3.05) is 0 Å². The molecule has 0 aliphatic heterocycles. The van der Waals surface area contributed by atoms with E-state index in [2.05, 4.69) is 135 Å². The number of fused-ring (bicyclic) bond motifs is 2. The van der Waals surface area contributed by atoms with Gasteiger partial charge in [0.2, 0.25) is 0 Å². The Balaban J connectivity index is 1.22. The number of benzene rings is 4. The maximum atomic E-state index is 7.29. The van der Waals surface area contributed by atoms with Gasteiger partial charge in [-0.3, -0.25) is 0 Å². The third-order valence-corrected chi connectivity index (χ3v) is 32.3. The second kappa shape index (κ2) is 14.0. The van der Waals surface area contributed by atoms with Crippen LogP contribution in [0.4, 0.5) is 0 Å². The molecule has 0 fully saturated rings. The Labute approximate surface area is 310 Å². The van der Waals surface area contributed by atoms with Crippen molar-refractivity contribution in [2.45, 2.75) is 51.6 Å². The van der Waals surface area contributed by atoms with E-state index in [1.807, 2.05) is 13.8 Å². The first-order valence-corrected chi connectivity index (χ1v) is 30.2. The van der Waals surface area contributed by atoms with Crippen molar-refractivity contribution in [3.63, 3.8) is 0 Å². The summed E-state index contributed by atoms with van der Waals surface area (Å²) in [5.41, 5.74) is 15.4. The van der Waals surface area contributed by atoms with Crippen LogP contribution in [0.5, 0.6) is 0 Å². The second-order valence-electron chi connectivity index (χ2n) is 13.8. The molecule has 0 saturated heterocycles. The van der Waals surface area contributed by atoms with Crippen LogP contribution in [0.25, 0.3) is 45.6 Å². The van der Waals surface area contributed by atoms with Gasteiger partial charge >= 0.3 is 313 Å². The Bertz CT molecular complexity index is 2110. The third kappa shape index (κ3) is 6.24. The molecule has 0 amide bonds. The molecule has 2 atom stereocenters. The summed E-state index contributed by atoms with van der Waals surface area (Å²) in [6.45, 7) is 8.48. The van der Waals surface area contributed by atoms with Gasteiger partial charge in [0.15, 0.2) is 0 Å². The van der Waals surface area contributed by atoms with E-state index in [4.69, 9.17) is 25.9 Å². The molecule has 2 aliphatic carbocycles. The number of hydrogen-bond donors (Lipinski definition) is 0. The van der Waals surface area contributed by atoms with Crippen molar-refractivity contribution >= 4 is 46.2 Å². The van der Waals surface area contributed by atoms with Gasteiger partial charge in [-0.2, -0.15) is 0 Å². The average Bonchev–Trinajstić information content (AvgIpc) is 3.90. The van der Waals surface area contributed by atoms with E-state index in [9.17, 15) is 0 Å². The van der Waals surface area contributed by atoms with Gasteiger partial charge in [-0.25, -0.2) is 0 Å². The molecule has 2 heterocycles. The van der Waals surface area contributed by atoms with Crippen LogP contribution in [0.15, 0.2) is 118 Å². The van der Waals surface area contributed by atoms with Gasteiger partial charge in [0.25, 0.3) is 0 Å². The molecule has 50 heavy (non-hydrogen) atoms. The van der Waals surface area contributed by atoms with Gasteiger partial charge in [-0.05, 0) is 0 Å². The first-order chi connectivity index (χ1) is 24.3. The molecule has 6 heteroatoms. The maximum absolute atomic E-state index is 7.29. The predicted octanol–water partition coefficient (Wildman–Crippen LogP) is 13.1. The van der Waals surface area contributed by atoms with E-state index >= 15 is 0 Å². The van der Waals surface area contributed by atoms with E-state index in [0.717, 1.165) is 35.1 Å². The number of halogens is 2. The van der Waals surface area contributed by atoms with Gasteiger partial charge in [-0.15, -0.1) is 0 Å². The molecule has 0 N–H and O–H groups in total. The molecular weight excluding hydrogens is 751 g/mol. The van der Waals surface area contributed by atoms with Crippen molar-refractivity contribution < 1.29 is 27.4 Å². The van der Waals surface area contributed by atoms with Crippen LogP contribution in [-0.2, 0) is 18.5 Å². The van der Waals surface area contributed by atoms with Crippen LogP contribution in [0.1, 0.15) is 68.3 Å². The molecule has 0 spiro atoms. The van der Waals surface area contributed by atoms with Gasteiger partial charge in [0, 0.05) is 0 Å². The zero-order chi connectivity index (χ0) is 34.5. The molecule has 0 saturated carbocycles. The molecule has 0 radical (unpaired) electrons. The second-order valence-corrected chi connectivity index (χ2v) is 37.3. The Kier molecular flexibility index (Phi) is 9.42. The van der Waals surface area contributed by atoms with Gasteiger partial charge in [0.1, 0.15) is 0 Å². The first-order valence-electron chi connectivity index (χ1n) is 17.4. The molecule has 2 unspecified atom stereocenters. The molecule has 2 nitrogen and oxygen atoms in total. The Morgan fingerprint density at radius 3 is 1.32 bits per heavy atom. The number of allylic oxidation sites excluding steroid dienone is 2. The fourth-order valence-corrected chi connectivity index (χ4v) is 23.4. The van der Waals surface area contributed by atoms with E-state index in [0.29, 0.717) is 0 Å². The Hall–Kier alpha value is -3.40. The summed E-state index contributed by atoms with van der Waals surface area (Å²) in [4.78, 5) is 0. The monoisotopic (exact) mass is 787 g/mol. The zero-order valence-electron chi connectivity index (χ0n) is 28.8. The fourth-order valence-electron chi connectivity index (χ4n) is 8.25. The number of rotatable bonds is 9. The van der Waals surface area contributed by atoms with Gasteiger partial charge in [0.05, 0.1) is 0 Å².